The van der Waals surface area contributed by atoms with E-state index in [0.717, 1.165) is 31.5 Å². The van der Waals surface area contributed by atoms with Crippen LogP contribution in [0.5, 0.6) is 0 Å². The molecule has 2 heteroatoms. The second-order valence-corrected chi connectivity index (χ2v) is 6.95. The molecule has 1 heterocycles. The number of benzene rings is 1. The fourth-order valence-electron chi connectivity index (χ4n) is 3.36. The lowest BCUT2D eigenvalue weighted by molar-refractivity contribution is 0.0647. The number of ketones is 1. The molecule has 2 nitrogen and oxygen atoms in total. The highest BCUT2D eigenvalue weighted by atomic mass is 16.1. The number of carbonyl (C=O) groups is 1. The van der Waals surface area contributed by atoms with Crippen molar-refractivity contribution in [2.75, 3.05) is 13.1 Å². The third-order valence-corrected chi connectivity index (χ3v) is 4.81. The van der Waals surface area contributed by atoms with E-state index >= 15 is 0 Å². The smallest absolute Gasteiger partial charge is 0.182 e. The van der Waals surface area contributed by atoms with E-state index in [1.54, 1.807) is 0 Å². The molecule has 1 fully saturated rings. The van der Waals surface area contributed by atoms with Crippen LogP contribution in [0.2, 0.25) is 0 Å². The van der Waals surface area contributed by atoms with Crippen molar-refractivity contribution in [3.8, 4) is 0 Å². The summed E-state index contributed by atoms with van der Waals surface area (Å²) in [6.07, 6.45) is 4.35. The lowest BCUT2D eigenvalue weighted by Gasteiger charge is -2.36. The van der Waals surface area contributed by atoms with Gasteiger partial charge in [0.15, 0.2) is 5.78 Å². The standard InChI is InChI=1S/C19H29NO/c1-5-19(4,20-11-6-7-12-20)18(21)17-10-8-9-16(14-17)13-15(2)3/h8-10,14-15H,5-7,11-13H2,1-4H3. The molecule has 0 spiro atoms. The van der Waals surface area contributed by atoms with Crippen LogP contribution < -0.4 is 0 Å². The Bertz CT molecular complexity index is 488. The summed E-state index contributed by atoms with van der Waals surface area (Å²) in [6.45, 7) is 10.8. The maximum absolute atomic E-state index is 13.1. The van der Waals surface area contributed by atoms with Gasteiger partial charge in [-0.05, 0) is 63.2 Å². The Labute approximate surface area is 129 Å². The van der Waals surface area contributed by atoms with Crippen molar-refractivity contribution in [2.45, 2.75) is 58.9 Å². The molecule has 0 aliphatic carbocycles. The van der Waals surface area contributed by atoms with Gasteiger partial charge in [-0.3, -0.25) is 9.69 Å². The Balaban J connectivity index is 2.24. The van der Waals surface area contributed by atoms with Crippen LogP contribution in [0.25, 0.3) is 0 Å². The summed E-state index contributed by atoms with van der Waals surface area (Å²) in [5.74, 6) is 0.906. The monoisotopic (exact) mass is 287 g/mol. The third kappa shape index (κ3) is 3.55. The average Bonchev–Trinajstić information content (AvgIpc) is 3.00. The molecule has 2 rings (SSSR count). The van der Waals surface area contributed by atoms with Gasteiger partial charge in [-0.1, -0.05) is 39.0 Å². The number of nitrogens with zero attached hydrogens (tertiary/aromatic N) is 1. The quantitative estimate of drug-likeness (QED) is 0.726. The number of carbonyl (C=O) groups excluding carboxylic acids is 1. The summed E-state index contributed by atoms with van der Waals surface area (Å²) in [6, 6.07) is 8.25. The van der Waals surface area contributed by atoms with Gasteiger partial charge in [0.25, 0.3) is 0 Å². The maximum atomic E-state index is 13.1. The molecule has 1 unspecified atom stereocenters. The Hall–Kier alpha value is -1.15. The van der Waals surface area contributed by atoms with E-state index in [0.29, 0.717) is 5.92 Å². The number of rotatable bonds is 6. The van der Waals surface area contributed by atoms with Crippen LogP contribution in [0.3, 0.4) is 0 Å². The molecule has 0 bridgehead atoms. The Kier molecular flexibility index (Phi) is 5.21. The van der Waals surface area contributed by atoms with E-state index in [9.17, 15) is 4.79 Å². The van der Waals surface area contributed by atoms with E-state index in [4.69, 9.17) is 0 Å². The summed E-state index contributed by atoms with van der Waals surface area (Å²) < 4.78 is 0. The number of hydrogen-bond acceptors (Lipinski definition) is 2. The number of hydrogen-bond donors (Lipinski definition) is 0. The molecular weight excluding hydrogens is 258 g/mol. The van der Waals surface area contributed by atoms with Gasteiger partial charge in [-0.2, -0.15) is 0 Å². The molecule has 1 aliphatic rings. The van der Waals surface area contributed by atoms with Crippen molar-refractivity contribution in [3.63, 3.8) is 0 Å². The first-order valence-electron chi connectivity index (χ1n) is 8.36. The van der Waals surface area contributed by atoms with Crippen molar-refractivity contribution in [1.29, 1.82) is 0 Å². The van der Waals surface area contributed by atoms with Gasteiger partial charge >= 0.3 is 0 Å². The van der Waals surface area contributed by atoms with Crippen molar-refractivity contribution >= 4 is 5.78 Å². The van der Waals surface area contributed by atoms with Crippen LogP contribution in [0.1, 0.15) is 62.9 Å². The van der Waals surface area contributed by atoms with E-state index in [1.165, 1.54) is 18.4 Å². The van der Waals surface area contributed by atoms with E-state index in [-0.39, 0.29) is 11.3 Å². The van der Waals surface area contributed by atoms with Crippen molar-refractivity contribution < 1.29 is 4.79 Å². The summed E-state index contributed by atoms with van der Waals surface area (Å²) in [5, 5.41) is 0. The zero-order valence-electron chi connectivity index (χ0n) is 14.0. The SMILES string of the molecule is CCC(C)(C(=O)c1cccc(CC(C)C)c1)N1CCCC1. The molecule has 1 aromatic carbocycles. The predicted molar refractivity (Wildman–Crippen MR) is 88.8 cm³/mol. The van der Waals surface area contributed by atoms with Crippen LogP contribution in [-0.4, -0.2) is 29.3 Å². The molecule has 1 atom stereocenters. The minimum absolute atomic E-state index is 0.289. The van der Waals surface area contributed by atoms with Crippen LogP contribution in [0.4, 0.5) is 0 Å². The summed E-state index contributed by atoms with van der Waals surface area (Å²) in [7, 11) is 0. The summed E-state index contributed by atoms with van der Waals surface area (Å²) >= 11 is 0. The van der Waals surface area contributed by atoms with Gasteiger partial charge in [0, 0.05) is 5.56 Å². The van der Waals surface area contributed by atoms with E-state index in [2.05, 4.69) is 44.7 Å². The molecule has 0 amide bonds. The van der Waals surface area contributed by atoms with Gasteiger partial charge in [-0.25, -0.2) is 0 Å². The largest absolute Gasteiger partial charge is 0.292 e. The summed E-state index contributed by atoms with van der Waals surface area (Å²) in [4.78, 5) is 15.5. The molecule has 116 valence electrons. The van der Waals surface area contributed by atoms with Gasteiger partial charge in [0.2, 0.25) is 0 Å². The molecule has 21 heavy (non-hydrogen) atoms. The van der Waals surface area contributed by atoms with Crippen molar-refractivity contribution in [1.82, 2.24) is 4.90 Å². The fourth-order valence-corrected chi connectivity index (χ4v) is 3.36. The third-order valence-electron chi connectivity index (χ3n) is 4.81. The molecular formula is C19H29NO. The first-order chi connectivity index (χ1) is 9.97. The van der Waals surface area contributed by atoms with Gasteiger partial charge in [0.1, 0.15) is 0 Å². The molecule has 0 saturated carbocycles. The molecule has 0 aromatic heterocycles. The van der Waals surface area contributed by atoms with Crippen LogP contribution in [0.15, 0.2) is 24.3 Å². The van der Waals surface area contributed by atoms with Crippen LogP contribution in [-0.2, 0) is 6.42 Å². The highest BCUT2D eigenvalue weighted by Gasteiger charge is 2.39. The fraction of sp³-hybridized carbons (Fsp3) is 0.632. The van der Waals surface area contributed by atoms with Gasteiger partial charge in [0.05, 0.1) is 5.54 Å². The molecule has 1 aromatic rings. The van der Waals surface area contributed by atoms with Crippen molar-refractivity contribution in [3.05, 3.63) is 35.4 Å². The van der Waals surface area contributed by atoms with E-state index < -0.39 is 0 Å². The highest BCUT2D eigenvalue weighted by molar-refractivity contribution is 6.03. The Morgan fingerprint density at radius 1 is 1.29 bits per heavy atom. The minimum atomic E-state index is -0.340. The lowest BCUT2D eigenvalue weighted by Crippen LogP contribution is -2.50. The topological polar surface area (TPSA) is 20.3 Å². The molecule has 1 saturated heterocycles. The first kappa shape index (κ1) is 16.2. The average molecular weight is 287 g/mol. The minimum Gasteiger partial charge on any atom is -0.292 e. The zero-order valence-corrected chi connectivity index (χ0v) is 14.0. The number of Topliss-reactive ketones (excluding diaryl/α,β-unsaturated/α-hetero) is 1. The second-order valence-electron chi connectivity index (χ2n) is 6.95. The zero-order chi connectivity index (χ0) is 15.5. The molecule has 0 radical (unpaired) electrons. The summed E-state index contributed by atoms with van der Waals surface area (Å²) in [5.41, 5.74) is 1.81. The first-order valence-corrected chi connectivity index (χ1v) is 8.36. The molecule has 0 N–H and O–H groups in total. The van der Waals surface area contributed by atoms with Crippen LogP contribution >= 0.6 is 0 Å². The van der Waals surface area contributed by atoms with Gasteiger partial charge in [-0.15, -0.1) is 0 Å². The normalized spacial score (nSPS) is 18.9. The molecule has 1 aliphatic heterocycles. The maximum Gasteiger partial charge on any atom is 0.182 e. The van der Waals surface area contributed by atoms with Crippen molar-refractivity contribution in [2.24, 2.45) is 5.92 Å². The number of likely N-dealkylation sites (tertiary alicyclic amines) is 1. The highest BCUT2D eigenvalue weighted by Crippen LogP contribution is 2.28. The predicted octanol–water partition coefficient (Wildman–Crippen LogP) is 4.33. The van der Waals surface area contributed by atoms with Gasteiger partial charge < -0.3 is 0 Å². The van der Waals surface area contributed by atoms with E-state index in [1.807, 2.05) is 12.1 Å². The van der Waals surface area contributed by atoms with Crippen LogP contribution in [0, 0.1) is 5.92 Å². The second kappa shape index (κ2) is 6.74. The lowest BCUT2D eigenvalue weighted by atomic mass is 9.86. The Morgan fingerprint density at radius 2 is 1.95 bits per heavy atom. The Morgan fingerprint density at radius 3 is 2.52 bits per heavy atom.